The van der Waals surface area contributed by atoms with Crippen molar-refractivity contribution in [3.63, 3.8) is 0 Å². The molecule has 0 unspecified atom stereocenters. The number of aryl methyl sites for hydroxylation is 1. The van der Waals surface area contributed by atoms with Crippen LogP contribution < -0.4 is 0 Å². The summed E-state index contributed by atoms with van der Waals surface area (Å²) >= 11 is 0. The third-order valence-electron chi connectivity index (χ3n) is 4.59. The van der Waals surface area contributed by atoms with E-state index in [-0.39, 0.29) is 4.90 Å². The lowest BCUT2D eigenvalue weighted by atomic mass is 10.1. The zero-order valence-corrected chi connectivity index (χ0v) is 15.0. The van der Waals surface area contributed by atoms with Crippen LogP contribution in [0.5, 0.6) is 0 Å². The minimum atomic E-state index is -4.40. The zero-order valence-electron chi connectivity index (χ0n) is 13.4. The standard InChI is InChI=1S/C15H20N2O4S2/c1-10-8-9-14(12(3)11(10)2)23(20,21)15(17-16)22(18,19)13-6-4-5-7-13/h8-9,13H,4-7H2,1-3H3. The van der Waals surface area contributed by atoms with Gasteiger partial charge in [-0.05, 0) is 56.4 Å². The molecule has 0 heterocycles. The number of rotatable bonds is 2. The summed E-state index contributed by atoms with van der Waals surface area (Å²) < 4.78 is 49.6. The number of hydrogen-bond acceptors (Lipinski definition) is 4. The second-order valence-corrected chi connectivity index (χ2v) is 10.2. The molecule has 1 aliphatic rings. The Labute approximate surface area is 137 Å². The maximum absolute atomic E-state index is 12.8. The second kappa shape index (κ2) is 6.19. The first-order chi connectivity index (χ1) is 10.6. The van der Waals surface area contributed by atoms with E-state index in [0.29, 0.717) is 18.4 Å². The van der Waals surface area contributed by atoms with E-state index in [0.717, 1.165) is 24.0 Å². The highest BCUT2D eigenvalue weighted by molar-refractivity contribution is 8.31. The molecule has 1 saturated carbocycles. The molecule has 0 atom stereocenters. The monoisotopic (exact) mass is 356 g/mol. The minimum Gasteiger partial charge on any atom is -0.359 e. The van der Waals surface area contributed by atoms with Gasteiger partial charge in [-0.3, -0.25) is 0 Å². The SMILES string of the molecule is Cc1ccc(S(=O)(=O)C(=[N+]=[N-])S(=O)(=O)C2CCCC2)c(C)c1C. The summed E-state index contributed by atoms with van der Waals surface area (Å²) in [7, 11) is -8.59. The van der Waals surface area contributed by atoms with Crippen LogP contribution in [0, 0.1) is 20.8 Å². The Kier molecular flexibility index (Phi) is 4.80. The molecule has 0 N–H and O–H groups in total. The Hall–Kier alpha value is -1.50. The molecule has 0 spiro atoms. The molecule has 0 radical (unpaired) electrons. The highest BCUT2D eigenvalue weighted by atomic mass is 32.3. The van der Waals surface area contributed by atoms with Crippen LogP contribution in [0.25, 0.3) is 5.53 Å². The topological polar surface area (TPSA) is 105 Å². The lowest BCUT2D eigenvalue weighted by Crippen LogP contribution is -2.33. The van der Waals surface area contributed by atoms with Crippen LogP contribution in [0.4, 0.5) is 0 Å². The molecule has 1 aromatic rings. The molecule has 8 heteroatoms. The highest BCUT2D eigenvalue weighted by Crippen LogP contribution is 2.30. The zero-order chi connectivity index (χ0) is 17.4. The van der Waals surface area contributed by atoms with Gasteiger partial charge in [0.2, 0.25) is 0 Å². The van der Waals surface area contributed by atoms with E-state index < -0.39 is 29.3 Å². The van der Waals surface area contributed by atoms with Gasteiger partial charge in [0.15, 0.2) is 0 Å². The molecular weight excluding hydrogens is 336 g/mol. The maximum atomic E-state index is 12.8. The lowest BCUT2D eigenvalue weighted by molar-refractivity contribution is 0.00373. The number of benzene rings is 1. The van der Waals surface area contributed by atoms with Crippen LogP contribution in [0.2, 0.25) is 0 Å². The number of sulfone groups is 2. The third kappa shape index (κ3) is 2.98. The van der Waals surface area contributed by atoms with Crippen LogP contribution >= 0.6 is 0 Å². The van der Waals surface area contributed by atoms with Crippen molar-refractivity contribution in [2.75, 3.05) is 0 Å². The molecule has 0 amide bonds. The Morgan fingerprint density at radius 2 is 1.61 bits per heavy atom. The van der Waals surface area contributed by atoms with Crippen LogP contribution in [-0.4, -0.2) is 31.3 Å². The molecule has 126 valence electrons. The summed E-state index contributed by atoms with van der Waals surface area (Å²) in [6, 6.07) is 2.98. The van der Waals surface area contributed by atoms with E-state index >= 15 is 0 Å². The van der Waals surface area contributed by atoms with Crippen molar-refractivity contribution in [2.45, 2.75) is 56.6 Å². The predicted molar refractivity (Wildman–Crippen MR) is 87.6 cm³/mol. The van der Waals surface area contributed by atoms with Gasteiger partial charge in [-0.1, -0.05) is 18.9 Å². The van der Waals surface area contributed by atoms with Gasteiger partial charge >= 0.3 is 4.38 Å². The smallest absolute Gasteiger partial charge is 0.359 e. The Morgan fingerprint density at radius 1 is 1.04 bits per heavy atom. The first-order valence-corrected chi connectivity index (χ1v) is 10.4. The van der Waals surface area contributed by atoms with Crippen molar-refractivity contribution in [2.24, 2.45) is 0 Å². The van der Waals surface area contributed by atoms with E-state index in [9.17, 15) is 16.8 Å². The summed E-state index contributed by atoms with van der Waals surface area (Å²) in [6.45, 7) is 5.23. The van der Waals surface area contributed by atoms with Gasteiger partial charge < -0.3 is 5.53 Å². The molecule has 1 fully saturated rings. The van der Waals surface area contributed by atoms with E-state index in [1.54, 1.807) is 19.9 Å². The molecule has 0 aliphatic heterocycles. The molecule has 1 aromatic carbocycles. The molecule has 1 aliphatic carbocycles. The Bertz CT molecular complexity index is 890. The molecule has 6 nitrogen and oxygen atoms in total. The third-order valence-corrected chi connectivity index (χ3v) is 9.43. The number of nitrogens with zero attached hydrogens (tertiary/aromatic N) is 2. The van der Waals surface area contributed by atoms with Crippen molar-refractivity contribution in [1.82, 2.24) is 0 Å². The summed E-state index contributed by atoms with van der Waals surface area (Å²) in [5.41, 5.74) is 11.3. The molecular formula is C15H20N2O4S2. The highest BCUT2D eigenvalue weighted by Gasteiger charge is 2.48. The maximum Gasteiger partial charge on any atom is 0.499 e. The van der Waals surface area contributed by atoms with Crippen LogP contribution in [0.3, 0.4) is 0 Å². The number of hydrogen-bond donors (Lipinski definition) is 0. The van der Waals surface area contributed by atoms with Crippen molar-refractivity contribution >= 4 is 24.1 Å². The summed E-state index contributed by atoms with van der Waals surface area (Å²) in [5, 5.41) is -0.796. The van der Waals surface area contributed by atoms with Crippen LogP contribution in [-0.2, 0) is 19.7 Å². The van der Waals surface area contributed by atoms with Gasteiger partial charge in [0.25, 0.3) is 19.7 Å². The Morgan fingerprint density at radius 3 is 2.13 bits per heavy atom. The van der Waals surface area contributed by atoms with Crippen LogP contribution in [0.15, 0.2) is 17.0 Å². The summed E-state index contributed by atoms with van der Waals surface area (Å²) in [4.78, 5) is 2.56. The molecule has 0 saturated heterocycles. The second-order valence-electron chi connectivity index (χ2n) is 5.95. The van der Waals surface area contributed by atoms with E-state index in [2.05, 4.69) is 4.79 Å². The molecule has 0 aromatic heterocycles. The largest absolute Gasteiger partial charge is 0.499 e. The normalized spacial score (nSPS) is 16.3. The van der Waals surface area contributed by atoms with Crippen molar-refractivity contribution in [3.05, 3.63) is 34.4 Å². The van der Waals surface area contributed by atoms with E-state index in [1.165, 1.54) is 6.07 Å². The van der Waals surface area contributed by atoms with Gasteiger partial charge in [-0.2, -0.15) is 0 Å². The van der Waals surface area contributed by atoms with Gasteiger partial charge in [0, 0.05) is 0 Å². The van der Waals surface area contributed by atoms with E-state index in [1.807, 2.05) is 6.92 Å². The summed E-state index contributed by atoms with van der Waals surface area (Å²) in [5.74, 6) is 0. The van der Waals surface area contributed by atoms with Crippen molar-refractivity contribution in [3.8, 4) is 0 Å². The fraction of sp³-hybridized carbons (Fsp3) is 0.533. The Balaban J connectivity index is 2.62. The first kappa shape index (κ1) is 17.8. The average Bonchev–Trinajstić information content (AvgIpc) is 2.99. The average molecular weight is 356 g/mol. The lowest BCUT2D eigenvalue weighted by Gasteiger charge is -2.11. The molecule has 0 bridgehead atoms. The molecule has 2 rings (SSSR count). The van der Waals surface area contributed by atoms with Crippen molar-refractivity contribution < 1.29 is 21.6 Å². The predicted octanol–water partition coefficient (Wildman–Crippen LogP) is 2.33. The van der Waals surface area contributed by atoms with Gasteiger partial charge in [0.1, 0.15) is 0 Å². The van der Waals surface area contributed by atoms with Gasteiger partial charge in [0.05, 0.1) is 10.1 Å². The van der Waals surface area contributed by atoms with Crippen LogP contribution in [0.1, 0.15) is 42.4 Å². The van der Waals surface area contributed by atoms with Gasteiger partial charge in [-0.15, -0.1) is 4.79 Å². The minimum absolute atomic E-state index is 0.130. The summed E-state index contributed by atoms with van der Waals surface area (Å²) in [6.07, 6.45) is 2.24. The van der Waals surface area contributed by atoms with Crippen molar-refractivity contribution in [1.29, 1.82) is 0 Å². The van der Waals surface area contributed by atoms with Gasteiger partial charge in [-0.25, -0.2) is 16.8 Å². The fourth-order valence-electron chi connectivity index (χ4n) is 2.92. The first-order valence-electron chi connectivity index (χ1n) is 7.42. The molecule has 23 heavy (non-hydrogen) atoms. The quantitative estimate of drug-likeness (QED) is 0.351. The van der Waals surface area contributed by atoms with E-state index in [4.69, 9.17) is 5.53 Å². The fourth-order valence-corrected chi connectivity index (χ4v) is 7.27.